The Hall–Kier alpha value is -1.40. The Morgan fingerprint density at radius 2 is 2.09 bits per heavy atom. The smallest absolute Gasteiger partial charge is 0.261 e. The molecule has 2 N–H and O–H groups in total. The number of nitrogens with zero attached hydrogens (tertiary/aromatic N) is 2. The van der Waals surface area contributed by atoms with Gasteiger partial charge in [-0.05, 0) is 24.8 Å². The summed E-state index contributed by atoms with van der Waals surface area (Å²) in [6.45, 7) is 8.90. The Morgan fingerprint density at radius 3 is 2.61 bits per heavy atom. The number of nitrogens with one attached hydrogen (secondary N) is 1. The lowest BCUT2D eigenvalue weighted by molar-refractivity contribution is 0.0854. The first-order valence-electron chi connectivity index (χ1n) is 8.23. The van der Waals surface area contributed by atoms with Crippen LogP contribution < -0.4 is 5.32 Å². The highest BCUT2D eigenvalue weighted by molar-refractivity contribution is 7.20. The highest BCUT2D eigenvalue weighted by Gasteiger charge is 2.26. The highest BCUT2D eigenvalue weighted by atomic mass is 32.1. The molecular formula is C17H27N3O2S. The van der Waals surface area contributed by atoms with Gasteiger partial charge in [0.15, 0.2) is 0 Å². The van der Waals surface area contributed by atoms with Crippen molar-refractivity contribution in [1.82, 2.24) is 15.1 Å². The Kier molecular flexibility index (Phi) is 5.47. The van der Waals surface area contributed by atoms with Gasteiger partial charge in [-0.3, -0.25) is 9.48 Å². The number of rotatable bonds is 7. The molecule has 2 rings (SSSR count). The van der Waals surface area contributed by atoms with E-state index in [2.05, 4.69) is 24.3 Å². The number of fused-ring (bicyclic) bond motifs is 1. The molecule has 0 saturated carbocycles. The van der Waals surface area contributed by atoms with Crippen molar-refractivity contribution >= 4 is 27.5 Å². The van der Waals surface area contributed by atoms with Crippen LogP contribution in [-0.2, 0) is 7.05 Å². The number of thiophene rings is 1. The van der Waals surface area contributed by atoms with Crippen LogP contribution in [0.3, 0.4) is 0 Å². The van der Waals surface area contributed by atoms with E-state index in [1.807, 2.05) is 31.6 Å². The third-order valence-electron chi connectivity index (χ3n) is 4.77. The lowest BCUT2D eigenvalue weighted by atomic mass is 9.83. The van der Waals surface area contributed by atoms with E-state index in [9.17, 15) is 9.90 Å². The minimum Gasteiger partial charge on any atom is -0.396 e. The number of amides is 1. The van der Waals surface area contributed by atoms with Crippen molar-refractivity contribution in [3.63, 3.8) is 0 Å². The molecule has 0 saturated heterocycles. The van der Waals surface area contributed by atoms with Crippen LogP contribution in [-0.4, -0.2) is 33.9 Å². The SMILES string of the molecule is CCC(CC)(CO)CNC(=O)c1cc2c(C(C)C)nn(C)c2s1. The molecule has 0 aliphatic heterocycles. The largest absolute Gasteiger partial charge is 0.396 e. The van der Waals surface area contributed by atoms with Crippen LogP contribution in [0, 0.1) is 5.41 Å². The average molecular weight is 337 g/mol. The fourth-order valence-electron chi connectivity index (χ4n) is 2.74. The summed E-state index contributed by atoms with van der Waals surface area (Å²) in [6, 6.07) is 1.94. The molecule has 1 amide bonds. The monoisotopic (exact) mass is 337 g/mol. The van der Waals surface area contributed by atoms with E-state index in [0.717, 1.165) is 28.8 Å². The fourth-order valence-corrected chi connectivity index (χ4v) is 3.74. The second kappa shape index (κ2) is 7.01. The maximum absolute atomic E-state index is 12.5. The highest BCUT2D eigenvalue weighted by Crippen LogP contribution is 2.32. The Morgan fingerprint density at radius 1 is 1.43 bits per heavy atom. The minimum absolute atomic E-state index is 0.0689. The summed E-state index contributed by atoms with van der Waals surface area (Å²) >= 11 is 1.47. The van der Waals surface area contributed by atoms with Gasteiger partial charge in [0.25, 0.3) is 5.91 Å². The molecule has 0 aromatic carbocycles. The van der Waals surface area contributed by atoms with Crippen molar-refractivity contribution in [2.75, 3.05) is 13.2 Å². The van der Waals surface area contributed by atoms with Crippen molar-refractivity contribution in [1.29, 1.82) is 0 Å². The number of aryl methyl sites for hydroxylation is 1. The zero-order valence-electron chi connectivity index (χ0n) is 14.6. The van der Waals surface area contributed by atoms with E-state index in [0.29, 0.717) is 17.3 Å². The van der Waals surface area contributed by atoms with Crippen molar-refractivity contribution < 1.29 is 9.90 Å². The molecule has 0 fully saturated rings. The molecule has 23 heavy (non-hydrogen) atoms. The van der Waals surface area contributed by atoms with E-state index in [4.69, 9.17) is 0 Å². The van der Waals surface area contributed by atoms with Crippen molar-refractivity contribution in [3.05, 3.63) is 16.6 Å². The van der Waals surface area contributed by atoms with Crippen LogP contribution >= 0.6 is 11.3 Å². The van der Waals surface area contributed by atoms with E-state index >= 15 is 0 Å². The van der Waals surface area contributed by atoms with E-state index in [1.165, 1.54) is 11.3 Å². The summed E-state index contributed by atoms with van der Waals surface area (Å²) in [5.74, 6) is 0.257. The maximum atomic E-state index is 12.5. The zero-order valence-corrected chi connectivity index (χ0v) is 15.5. The predicted molar refractivity (Wildman–Crippen MR) is 95.1 cm³/mol. The third kappa shape index (κ3) is 3.43. The fraction of sp³-hybridized carbons (Fsp3) is 0.647. The minimum atomic E-state index is -0.225. The van der Waals surface area contributed by atoms with Crippen LogP contribution in [0.5, 0.6) is 0 Å². The van der Waals surface area contributed by atoms with E-state index in [1.54, 1.807) is 0 Å². The van der Waals surface area contributed by atoms with Gasteiger partial charge in [0.05, 0.1) is 17.2 Å². The van der Waals surface area contributed by atoms with Crippen molar-refractivity contribution in [3.8, 4) is 0 Å². The molecule has 2 heterocycles. The number of aromatic nitrogens is 2. The normalized spacial score (nSPS) is 12.3. The summed E-state index contributed by atoms with van der Waals surface area (Å²) in [6.07, 6.45) is 1.68. The van der Waals surface area contributed by atoms with Gasteiger partial charge in [0, 0.05) is 24.4 Å². The first-order valence-corrected chi connectivity index (χ1v) is 9.04. The first kappa shape index (κ1) is 17.9. The average Bonchev–Trinajstić information content (AvgIpc) is 3.10. The van der Waals surface area contributed by atoms with Crippen LogP contribution in [0.15, 0.2) is 6.07 Å². The second-order valence-corrected chi connectivity index (χ2v) is 7.57. The second-order valence-electron chi connectivity index (χ2n) is 6.54. The summed E-state index contributed by atoms with van der Waals surface area (Å²) in [5, 5.41) is 18.2. The summed E-state index contributed by atoms with van der Waals surface area (Å²) < 4.78 is 1.85. The standard InChI is InChI=1S/C17H27N3O2S/c1-6-17(7-2,10-21)9-18-15(22)13-8-12-14(11(3)4)19-20(5)16(12)23-13/h8,11,21H,6-7,9-10H2,1-5H3,(H,18,22). The van der Waals surface area contributed by atoms with Gasteiger partial charge in [-0.25, -0.2) is 0 Å². The molecule has 0 atom stereocenters. The lowest BCUT2D eigenvalue weighted by Gasteiger charge is -2.29. The van der Waals surface area contributed by atoms with Gasteiger partial charge < -0.3 is 10.4 Å². The first-order chi connectivity index (χ1) is 10.9. The van der Waals surface area contributed by atoms with Crippen LogP contribution in [0.1, 0.15) is 61.8 Å². The van der Waals surface area contributed by atoms with Gasteiger partial charge in [0.1, 0.15) is 4.83 Å². The molecule has 0 spiro atoms. The van der Waals surface area contributed by atoms with E-state index in [-0.39, 0.29) is 17.9 Å². The van der Waals surface area contributed by atoms with Crippen LogP contribution in [0.4, 0.5) is 0 Å². The number of carbonyl (C=O) groups is 1. The van der Waals surface area contributed by atoms with Crippen LogP contribution in [0.2, 0.25) is 0 Å². The summed E-state index contributed by atoms with van der Waals surface area (Å²) in [7, 11) is 1.91. The Labute approximate surface area is 141 Å². The quantitative estimate of drug-likeness (QED) is 0.815. The van der Waals surface area contributed by atoms with Gasteiger partial charge >= 0.3 is 0 Å². The molecule has 5 nitrogen and oxygen atoms in total. The van der Waals surface area contributed by atoms with Gasteiger partial charge in [-0.15, -0.1) is 11.3 Å². The molecule has 2 aromatic heterocycles. The molecule has 2 aromatic rings. The molecule has 0 unspecified atom stereocenters. The Balaban J connectivity index is 2.20. The number of hydrogen-bond acceptors (Lipinski definition) is 4. The summed E-state index contributed by atoms with van der Waals surface area (Å²) in [5.41, 5.74) is 0.807. The molecular weight excluding hydrogens is 310 g/mol. The predicted octanol–water partition coefficient (Wildman–Crippen LogP) is 3.29. The van der Waals surface area contributed by atoms with Gasteiger partial charge in [-0.2, -0.15) is 5.10 Å². The topological polar surface area (TPSA) is 67.2 Å². The number of hydrogen-bond donors (Lipinski definition) is 2. The summed E-state index contributed by atoms with van der Waals surface area (Å²) in [4.78, 5) is 14.2. The molecule has 0 aliphatic carbocycles. The lowest BCUT2D eigenvalue weighted by Crippen LogP contribution is -2.39. The Bertz CT molecular complexity index is 675. The number of aliphatic hydroxyl groups excluding tert-OH is 1. The maximum Gasteiger partial charge on any atom is 0.261 e. The molecule has 0 radical (unpaired) electrons. The molecule has 128 valence electrons. The third-order valence-corrected chi connectivity index (χ3v) is 5.97. The van der Waals surface area contributed by atoms with Gasteiger partial charge in [-0.1, -0.05) is 27.7 Å². The molecule has 6 heteroatoms. The number of aliphatic hydroxyl groups is 1. The van der Waals surface area contributed by atoms with Gasteiger partial charge in [0.2, 0.25) is 0 Å². The zero-order chi connectivity index (χ0) is 17.2. The number of carbonyl (C=O) groups excluding carboxylic acids is 1. The molecule has 0 bridgehead atoms. The molecule has 0 aliphatic rings. The van der Waals surface area contributed by atoms with Crippen LogP contribution in [0.25, 0.3) is 10.2 Å². The van der Waals surface area contributed by atoms with Crippen molar-refractivity contribution in [2.45, 2.75) is 46.5 Å². The van der Waals surface area contributed by atoms with E-state index < -0.39 is 0 Å². The van der Waals surface area contributed by atoms with Crippen molar-refractivity contribution in [2.24, 2.45) is 12.5 Å².